The smallest absolute Gasteiger partial charge is 0.262 e. The second-order valence-electron chi connectivity index (χ2n) is 8.53. The van der Waals surface area contributed by atoms with Crippen LogP contribution in [0, 0.1) is 39.0 Å². The largest absolute Gasteiger partial charge is 0.484 e. The van der Waals surface area contributed by atoms with Crippen molar-refractivity contribution in [1.29, 1.82) is 5.26 Å². The number of hydrogen-bond donors (Lipinski definition) is 2. The van der Waals surface area contributed by atoms with Crippen LogP contribution in [0.5, 0.6) is 5.75 Å². The summed E-state index contributed by atoms with van der Waals surface area (Å²) in [6.07, 6.45) is 1.77. The lowest BCUT2D eigenvalue weighted by Crippen LogP contribution is -2.20. The molecular formula is C28H25BrN4O2. The monoisotopic (exact) mass is 528 g/mol. The lowest BCUT2D eigenvalue weighted by molar-refractivity contribution is -0.118. The topological polar surface area (TPSA) is 90.8 Å². The minimum Gasteiger partial charge on any atom is -0.484 e. The van der Waals surface area contributed by atoms with Gasteiger partial charge in [0.1, 0.15) is 17.6 Å². The predicted molar refractivity (Wildman–Crippen MR) is 143 cm³/mol. The van der Waals surface area contributed by atoms with Crippen molar-refractivity contribution in [1.82, 2.24) is 9.97 Å². The first kappa shape index (κ1) is 24.2. The molecule has 0 fully saturated rings. The molecule has 0 aliphatic rings. The van der Waals surface area contributed by atoms with Crippen molar-refractivity contribution >= 4 is 50.2 Å². The predicted octanol–water partition coefficient (Wildman–Crippen LogP) is 6.64. The van der Waals surface area contributed by atoms with Gasteiger partial charge in [-0.25, -0.2) is 4.98 Å². The van der Waals surface area contributed by atoms with Gasteiger partial charge in [-0.15, -0.1) is 0 Å². The standard InChI is InChI=1S/C28H25BrN4O2/c1-16-9-23(29)24(10-17(16)2)31-27(34)15-35-22-7-5-20(6-8-22)13-21(14-30)28-32-25-11-18(3)19(4)12-26(25)33-28/h5-13H,15H2,1-4H3,(H,31,34)(H,32,33)/b21-13+. The number of aryl methyl sites for hydroxylation is 4. The van der Waals surface area contributed by atoms with Gasteiger partial charge in [0.15, 0.2) is 6.61 Å². The zero-order valence-electron chi connectivity index (χ0n) is 20.0. The van der Waals surface area contributed by atoms with Crippen molar-refractivity contribution < 1.29 is 9.53 Å². The zero-order valence-corrected chi connectivity index (χ0v) is 21.6. The van der Waals surface area contributed by atoms with Crippen LogP contribution in [-0.4, -0.2) is 22.5 Å². The number of benzene rings is 3. The summed E-state index contributed by atoms with van der Waals surface area (Å²) in [4.78, 5) is 20.2. The van der Waals surface area contributed by atoms with E-state index >= 15 is 0 Å². The van der Waals surface area contributed by atoms with Crippen LogP contribution in [0.3, 0.4) is 0 Å². The summed E-state index contributed by atoms with van der Waals surface area (Å²) in [7, 11) is 0. The molecule has 0 unspecified atom stereocenters. The van der Waals surface area contributed by atoms with E-state index in [-0.39, 0.29) is 12.5 Å². The van der Waals surface area contributed by atoms with E-state index < -0.39 is 0 Å². The van der Waals surface area contributed by atoms with Crippen LogP contribution >= 0.6 is 15.9 Å². The third kappa shape index (κ3) is 5.61. The average molecular weight is 529 g/mol. The molecule has 0 bridgehead atoms. The lowest BCUT2D eigenvalue weighted by Gasteiger charge is -2.11. The van der Waals surface area contributed by atoms with E-state index in [0.717, 1.165) is 37.8 Å². The molecule has 1 amide bonds. The van der Waals surface area contributed by atoms with Crippen LogP contribution in [0.25, 0.3) is 22.7 Å². The number of H-pyrrole nitrogens is 1. The number of rotatable bonds is 6. The molecule has 0 atom stereocenters. The molecule has 4 aromatic rings. The number of carbonyl (C=O) groups excluding carboxylic acids is 1. The molecule has 1 aromatic heterocycles. The maximum Gasteiger partial charge on any atom is 0.262 e. The lowest BCUT2D eigenvalue weighted by atomic mass is 10.1. The fourth-order valence-corrected chi connectivity index (χ4v) is 4.15. The highest BCUT2D eigenvalue weighted by Crippen LogP contribution is 2.26. The summed E-state index contributed by atoms with van der Waals surface area (Å²) in [5.41, 5.74) is 8.27. The summed E-state index contributed by atoms with van der Waals surface area (Å²) in [5, 5.41) is 12.6. The molecule has 0 radical (unpaired) electrons. The number of carbonyl (C=O) groups is 1. The fraction of sp³-hybridized carbons (Fsp3) is 0.179. The second-order valence-corrected chi connectivity index (χ2v) is 9.39. The van der Waals surface area contributed by atoms with Gasteiger partial charge >= 0.3 is 0 Å². The van der Waals surface area contributed by atoms with Gasteiger partial charge in [-0.2, -0.15) is 5.26 Å². The van der Waals surface area contributed by atoms with Gasteiger partial charge in [-0.1, -0.05) is 12.1 Å². The number of fused-ring (bicyclic) bond motifs is 1. The number of allylic oxidation sites excluding steroid dienone is 1. The zero-order chi connectivity index (χ0) is 25.1. The normalized spacial score (nSPS) is 11.4. The van der Waals surface area contributed by atoms with Crippen LogP contribution < -0.4 is 10.1 Å². The number of halogens is 1. The number of hydrogen-bond acceptors (Lipinski definition) is 4. The Kier molecular flexibility index (Phi) is 7.04. The molecule has 0 spiro atoms. The van der Waals surface area contributed by atoms with E-state index in [0.29, 0.717) is 22.8 Å². The van der Waals surface area contributed by atoms with E-state index in [1.165, 1.54) is 5.56 Å². The van der Waals surface area contributed by atoms with Crippen molar-refractivity contribution in [2.45, 2.75) is 27.7 Å². The summed E-state index contributed by atoms with van der Waals surface area (Å²) in [6.45, 7) is 7.99. The average Bonchev–Trinajstić information content (AvgIpc) is 3.23. The molecule has 0 saturated heterocycles. The Labute approximate surface area is 212 Å². The molecule has 6 nitrogen and oxygen atoms in total. The Bertz CT molecular complexity index is 1460. The van der Waals surface area contributed by atoms with Gasteiger partial charge in [0, 0.05) is 4.47 Å². The van der Waals surface area contributed by atoms with Crippen molar-refractivity contribution in [3.8, 4) is 11.8 Å². The van der Waals surface area contributed by atoms with E-state index in [2.05, 4.69) is 37.3 Å². The molecule has 1 heterocycles. The van der Waals surface area contributed by atoms with Gasteiger partial charge in [-0.3, -0.25) is 4.79 Å². The number of aromatic amines is 1. The van der Waals surface area contributed by atoms with Crippen LogP contribution in [0.15, 0.2) is 53.0 Å². The number of nitriles is 1. The van der Waals surface area contributed by atoms with E-state index in [4.69, 9.17) is 4.74 Å². The molecule has 0 aliphatic heterocycles. The molecule has 0 aliphatic carbocycles. The quantitative estimate of drug-likeness (QED) is 0.274. The maximum absolute atomic E-state index is 12.3. The molecule has 2 N–H and O–H groups in total. The first-order chi connectivity index (χ1) is 16.7. The Hall–Kier alpha value is -3.89. The highest BCUT2D eigenvalue weighted by Gasteiger charge is 2.11. The summed E-state index contributed by atoms with van der Waals surface area (Å²) < 4.78 is 6.46. The summed E-state index contributed by atoms with van der Waals surface area (Å²) in [5.74, 6) is 0.840. The fourth-order valence-electron chi connectivity index (χ4n) is 3.59. The van der Waals surface area contributed by atoms with Gasteiger partial charge < -0.3 is 15.0 Å². The van der Waals surface area contributed by atoms with Gasteiger partial charge in [0.2, 0.25) is 0 Å². The van der Waals surface area contributed by atoms with Gasteiger partial charge in [0.25, 0.3) is 5.91 Å². The molecule has 0 saturated carbocycles. The Morgan fingerprint density at radius 3 is 2.43 bits per heavy atom. The summed E-state index contributed by atoms with van der Waals surface area (Å²) >= 11 is 3.48. The Morgan fingerprint density at radius 1 is 1.06 bits per heavy atom. The molecule has 3 aromatic carbocycles. The molecule has 4 rings (SSSR count). The number of aromatic nitrogens is 2. The molecule has 7 heteroatoms. The van der Waals surface area contributed by atoms with E-state index in [1.807, 2.05) is 64.1 Å². The number of amides is 1. The van der Waals surface area contributed by atoms with Crippen molar-refractivity contribution in [3.63, 3.8) is 0 Å². The van der Waals surface area contributed by atoms with Gasteiger partial charge in [0.05, 0.1) is 22.3 Å². The van der Waals surface area contributed by atoms with Crippen LogP contribution in [0.4, 0.5) is 5.69 Å². The highest BCUT2D eigenvalue weighted by atomic mass is 79.9. The third-order valence-electron chi connectivity index (χ3n) is 5.89. The maximum atomic E-state index is 12.3. The molecule has 35 heavy (non-hydrogen) atoms. The minimum absolute atomic E-state index is 0.115. The molecular weight excluding hydrogens is 504 g/mol. The van der Waals surface area contributed by atoms with Crippen molar-refractivity contribution in [3.05, 3.63) is 86.6 Å². The third-order valence-corrected chi connectivity index (χ3v) is 6.55. The van der Waals surface area contributed by atoms with Crippen molar-refractivity contribution in [2.75, 3.05) is 11.9 Å². The minimum atomic E-state index is -0.250. The second kappa shape index (κ2) is 10.2. The number of nitrogens with one attached hydrogen (secondary N) is 2. The van der Waals surface area contributed by atoms with E-state index in [9.17, 15) is 10.1 Å². The SMILES string of the molecule is Cc1cc(Br)c(NC(=O)COc2ccc(/C=C(\C#N)c3nc4cc(C)c(C)cc4[nH]3)cc2)cc1C. The van der Waals surface area contributed by atoms with Crippen LogP contribution in [0.2, 0.25) is 0 Å². The van der Waals surface area contributed by atoms with Gasteiger partial charge in [-0.05, 0) is 114 Å². The van der Waals surface area contributed by atoms with E-state index in [1.54, 1.807) is 18.2 Å². The molecule has 176 valence electrons. The first-order valence-electron chi connectivity index (χ1n) is 11.1. The number of imidazole rings is 1. The number of ether oxygens (including phenoxy) is 1. The van der Waals surface area contributed by atoms with Crippen LogP contribution in [-0.2, 0) is 4.79 Å². The number of nitrogens with zero attached hydrogens (tertiary/aromatic N) is 2. The first-order valence-corrected chi connectivity index (χ1v) is 11.9. The number of anilines is 1. The van der Waals surface area contributed by atoms with Crippen molar-refractivity contribution in [2.24, 2.45) is 0 Å². The van der Waals surface area contributed by atoms with Crippen LogP contribution in [0.1, 0.15) is 33.6 Å². The highest BCUT2D eigenvalue weighted by molar-refractivity contribution is 9.10. The Morgan fingerprint density at radius 2 is 1.71 bits per heavy atom. The Balaban J connectivity index is 1.42. The summed E-state index contributed by atoms with van der Waals surface area (Å²) in [6, 6.07) is 17.4.